The molecule has 0 aliphatic heterocycles. The fourth-order valence-electron chi connectivity index (χ4n) is 2.70. The number of hydrogen-bond acceptors (Lipinski definition) is 8. The Bertz CT molecular complexity index is 690. The summed E-state index contributed by atoms with van der Waals surface area (Å²) >= 11 is 0. The standard InChI is InChI=1S/C13H17N9/c1-9-3-4-13(5-9,6-14)21-11-18-10(15-2)19-12(20-11)22-8-16-7-17-22/h7-9H,3-5H2,1-2H3,(H2,15,18,19,20,21). The molecule has 0 aromatic carbocycles. The van der Waals surface area contributed by atoms with Crippen molar-refractivity contribution in [1.29, 1.82) is 5.26 Å². The van der Waals surface area contributed by atoms with Crippen molar-refractivity contribution in [3.8, 4) is 12.0 Å². The van der Waals surface area contributed by atoms with E-state index in [0.717, 1.165) is 19.3 Å². The van der Waals surface area contributed by atoms with Crippen molar-refractivity contribution < 1.29 is 0 Å². The number of hydrogen-bond donors (Lipinski definition) is 2. The van der Waals surface area contributed by atoms with Crippen molar-refractivity contribution in [2.45, 2.75) is 31.7 Å². The summed E-state index contributed by atoms with van der Waals surface area (Å²) in [5, 5.41) is 19.6. The van der Waals surface area contributed by atoms with E-state index in [-0.39, 0.29) is 0 Å². The summed E-state index contributed by atoms with van der Waals surface area (Å²) in [4.78, 5) is 16.7. The molecule has 2 unspecified atom stereocenters. The van der Waals surface area contributed by atoms with Crippen LogP contribution in [0.1, 0.15) is 26.2 Å². The van der Waals surface area contributed by atoms with Crippen molar-refractivity contribution in [2.75, 3.05) is 17.7 Å². The summed E-state index contributed by atoms with van der Waals surface area (Å²) in [7, 11) is 1.72. The second-order valence-corrected chi connectivity index (χ2v) is 5.54. The van der Waals surface area contributed by atoms with Crippen LogP contribution >= 0.6 is 0 Å². The average Bonchev–Trinajstić information content (AvgIpc) is 3.17. The zero-order valence-electron chi connectivity index (χ0n) is 12.5. The zero-order valence-corrected chi connectivity index (χ0v) is 12.5. The van der Waals surface area contributed by atoms with Crippen LogP contribution in [0.5, 0.6) is 0 Å². The van der Waals surface area contributed by atoms with E-state index < -0.39 is 5.54 Å². The van der Waals surface area contributed by atoms with Crippen LogP contribution in [0.3, 0.4) is 0 Å². The highest BCUT2D eigenvalue weighted by Gasteiger charge is 2.38. The van der Waals surface area contributed by atoms with E-state index in [4.69, 9.17) is 0 Å². The predicted octanol–water partition coefficient (Wildman–Crippen LogP) is 0.988. The Hall–Kier alpha value is -2.76. The lowest BCUT2D eigenvalue weighted by molar-refractivity contribution is 0.554. The molecule has 1 saturated carbocycles. The highest BCUT2D eigenvalue weighted by Crippen LogP contribution is 2.36. The third kappa shape index (κ3) is 2.67. The molecule has 2 heterocycles. The Morgan fingerprint density at radius 1 is 1.36 bits per heavy atom. The predicted molar refractivity (Wildman–Crippen MR) is 79.3 cm³/mol. The molecule has 1 aliphatic carbocycles. The molecule has 2 N–H and O–H groups in total. The Morgan fingerprint density at radius 2 is 2.18 bits per heavy atom. The number of nitrogens with zero attached hydrogens (tertiary/aromatic N) is 7. The topological polar surface area (TPSA) is 117 Å². The average molecular weight is 299 g/mol. The summed E-state index contributed by atoms with van der Waals surface area (Å²) in [5.41, 5.74) is -0.620. The van der Waals surface area contributed by atoms with Crippen LogP contribution in [0, 0.1) is 17.2 Å². The second-order valence-electron chi connectivity index (χ2n) is 5.54. The number of rotatable bonds is 4. The first-order valence-corrected chi connectivity index (χ1v) is 7.12. The summed E-state index contributed by atoms with van der Waals surface area (Å²) in [5.74, 6) is 1.62. The Kier molecular flexibility index (Phi) is 3.58. The lowest BCUT2D eigenvalue weighted by Gasteiger charge is -2.22. The number of nitrogens with one attached hydrogen (secondary N) is 2. The van der Waals surface area contributed by atoms with Gasteiger partial charge in [0.1, 0.15) is 18.2 Å². The van der Waals surface area contributed by atoms with E-state index in [1.807, 2.05) is 0 Å². The van der Waals surface area contributed by atoms with Gasteiger partial charge in [0.25, 0.3) is 5.95 Å². The SMILES string of the molecule is CNc1nc(NC2(C#N)CCC(C)C2)nc(-n2cncn2)n1. The molecule has 0 spiro atoms. The quantitative estimate of drug-likeness (QED) is 0.858. The van der Waals surface area contributed by atoms with Gasteiger partial charge in [-0.05, 0) is 25.2 Å². The van der Waals surface area contributed by atoms with Gasteiger partial charge < -0.3 is 10.6 Å². The molecule has 2 aromatic heterocycles. The van der Waals surface area contributed by atoms with Crippen LogP contribution in [-0.4, -0.2) is 42.3 Å². The fourth-order valence-corrected chi connectivity index (χ4v) is 2.70. The maximum absolute atomic E-state index is 9.55. The molecule has 9 heteroatoms. The normalized spacial score (nSPS) is 24.0. The maximum Gasteiger partial charge on any atom is 0.258 e. The number of aromatic nitrogens is 6. The molecular formula is C13H17N9. The van der Waals surface area contributed by atoms with Crippen molar-refractivity contribution >= 4 is 11.9 Å². The Labute approximate surface area is 127 Å². The minimum atomic E-state index is -0.620. The lowest BCUT2D eigenvalue weighted by Crippen LogP contribution is -2.34. The molecule has 0 radical (unpaired) electrons. The second kappa shape index (κ2) is 5.55. The van der Waals surface area contributed by atoms with Gasteiger partial charge in [0.05, 0.1) is 6.07 Å². The maximum atomic E-state index is 9.55. The Morgan fingerprint density at radius 3 is 2.77 bits per heavy atom. The molecular weight excluding hydrogens is 282 g/mol. The summed E-state index contributed by atoms with van der Waals surface area (Å²) in [6.07, 6.45) is 5.49. The van der Waals surface area contributed by atoms with Crippen LogP contribution in [0.25, 0.3) is 5.95 Å². The lowest BCUT2D eigenvalue weighted by atomic mass is 9.98. The molecule has 3 rings (SSSR count). The van der Waals surface area contributed by atoms with Gasteiger partial charge >= 0.3 is 0 Å². The van der Waals surface area contributed by atoms with Gasteiger partial charge in [-0.1, -0.05) is 6.92 Å². The highest BCUT2D eigenvalue weighted by molar-refractivity contribution is 5.42. The van der Waals surface area contributed by atoms with Crippen molar-refractivity contribution in [2.24, 2.45) is 5.92 Å². The molecule has 114 valence electrons. The summed E-state index contributed by atoms with van der Waals surface area (Å²) in [6, 6.07) is 2.38. The van der Waals surface area contributed by atoms with Gasteiger partial charge in [0.15, 0.2) is 0 Å². The highest BCUT2D eigenvalue weighted by atomic mass is 15.4. The van der Waals surface area contributed by atoms with Gasteiger partial charge in [-0.3, -0.25) is 0 Å². The molecule has 9 nitrogen and oxygen atoms in total. The minimum Gasteiger partial charge on any atom is -0.357 e. The van der Waals surface area contributed by atoms with Crippen molar-refractivity contribution in [1.82, 2.24) is 29.7 Å². The zero-order chi connectivity index (χ0) is 15.6. The fraction of sp³-hybridized carbons (Fsp3) is 0.538. The van der Waals surface area contributed by atoms with E-state index >= 15 is 0 Å². The summed E-state index contributed by atoms with van der Waals surface area (Å²) < 4.78 is 1.45. The number of anilines is 2. The molecule has 2 atom stereocenters. The Balaban J connectivity index is 1.94. The molecule has 1 fully saturated rings. The third-order valence-electron chi connectivity index (χ3n) is 3.80. The van der Waals surface area contributed by atoms with E-state index in [2.05, 4.69) is 48.7 Å². The van der Waals surface area contributed by atoms with Crippen LogP contribution in [-0.2, 0) is 0 Å². The van der Waals surface area contributed by atoms with Crippen LogP contribution in [0.15, 0.2) is 12.7 Å². The van der Waals surface area contributed by atoms with Gasteiger partial charge in [-0.15, -0.1) is 0 Å². The molecule has 2 aromatic rings. The van der Waals surface area contributed by atoms with E-state index in [0.29, 0.717) is 23.8 Å². The largest absolute Gasteiger partial charge is 0.357 e. The first kappa shape index (κ1) is 14.2. The third-order valence-corrected chi connectivity index (χ3v) is 3.80. The van der Waals surface area contributed by atoms with Gasteiger partial charge in [-0.25, -0.2) is 4.98 Å². The van der Waals surface area contributed by atoms with E-state index in [1.165, 1.54) is 17.3 Å². The van der Waals surface area contributed by atoms with E-state index in [9.17, 15) is 5.26 Å². The molecule has 0 bridgehead atoms. The summed E-state index contributed by atoms with van der Waals surface area (Å²) in [6.45, 7) is 2.15. The first-order valence-electron chi connectivity index (χ1n) is 7.12. The van der Waals surface area contributed by atoms with E-state index in [1.54, 1.807) is 7.05 Å². The van der Waals surface area contributed by atoms with Gasteiger partial charge in [0, 0.05) is 7.05 Å². The van der Waals surface area contributed by atoms with Gasteiger partial charge in [0.2, 0.25) is 11.9 Å². The monoisotopic (exact) mass is 299 g/mol. The molecule has 1 aliphatic rings. The van der Waals surface area contributed by atoms with Crippen molar-refractivity contribution in [3.63, 3.8) is 0 Å². The van der Waals surface area contributed by atoms with Gasteiger partial charge in [-0.2, -0.15) is 30.0 Å². The van der Waals surface area contributed by atoms with Crippen LogP contribution in [0.2, 0.25) is 0 Å². The number of nitriles is 1. The van der Waals surface area contributed by atoms with Crippen LogP contribution < -0.4 is 10.6 Å². The van der Waals surface area contributed by atoms with Crippen LogP contribution in [0.4, 0.5) is 11.9 Å². The first-order chi connectivity index (χ1) is 10.6. The minimum absolute atomic E-state index is 0.346. The molecule has 0 amide bonds. The molecule has 22 heavy (non-hydrogen) atoms. The molecule has 0 saturated heterocycles. The van der Waals surface area contributed by atoms with Crippen molar-refractivity contribution in [3.05, 3.63) is 12.7 Å². The smallest absolute Gasteiger partial charge is 0.258 e.